The molecule has 0 saturated heterocycles. The summed E-state index contributed by atoms with van der Waals surface area (Å²) in [7, 11) is 1.44. The van der Waals surface area contributed by atoms with E-state index in [2.05, 4.69) is 23.2 Å². The molecule has 4 nitrogen and oxygen atoms in total. The lowest BCUT2D eigenvalue weighted by molar-refractivity contribution is -0.136. The van der Waals surface area contributed by atoms with Gasteiger partial charge in [0.25, 0.3) is 0 Å². The van der Waals surface area contributed by atoms with Crippen LogP contribution in [0.2, 0.25) is 0 Å². The molecule has 2 saturated carbocycles. The van der Waals surface area contributed by atoms with Gasteiger partial charge in [-0.15, -0.1) is 12.8 Å². The minimum absolute atomic E-state index is 0.00160. The Labute approximate surface area is 238 Å². The Balaban J connectivity index is -0.000000549. The number of ether oxygens (including phenoxy) is 1. The third kappa shape index (κ3) is 17.7. The summed E-state index contributed by atoms with van der Waals surface area (Å²) in [4.78, 5) is 16.5. The van der Waals surface area contributed by atoms with Gasteiger partial charge in [-0.05, 0) is 56.1 Å². The third-order valence-corrected chi connectivity index (χ3v) is 5.70. The molecule has 0 atom stereocenters. The van der Waals surface area contributed by atoms with Crippen LogP contribution in [-0.4, -0.2) is 38.2 Å². The minimum Gasteiger partial charge on any atom is -0.483 e. The molecule has 1 spiro atoms. The lowest BCUT2D eigenvalue weighted by Gasteiger charge is -2.53. The van der Waals surface area contributed by atoms with Crippen molar-refractivity contribution in [3.05, 3.63) is 35.5 Å². The fraction of sp³-hybridized carbons (Fsp3) is 0.688. The van der Waals surface area contributed by atoms with Crippen molar-refractivity contribution in [2.24, 2.45) is 16.3 Å². The number of alkyl halides is 3. The van der Waals surface area contributed by atoms with Gasteiger partial charge < -0.3 is 10.1 Å². The molecule has 1 N–H and O–H groups in total. The largest absolute Gasteiger partial charge is 0.483 e. The van der Waals surface area contributed by atoms with E-state index in [0.717, 1.165) is 25.0 Å². The summed E-state index contributed by atoms with van der Waals surface area (Å²) >= 11 is 0. The van der Waals surface area contributed by atoms with Gasteiger partial charge in [-0.1, -0.05) is 87.0 Å². The molecule has 0 aromatic heterocycles. The van der Waals surface area contributed by atoms with Crippen molar-refractivity contribution >= 4 is 11.8 Å². The topological polar surface area (TPSA) is 50.7 Å². The molecular weight excluding hydrogens is 501 g/mol. The number of hydrogen-bond donors (Lipinski definition) is 1. The molecule has 0 unspecified atom stereocenters. The van der Waals surface area contributed by atoms with Crippen LogP contribution in [0.25, 0.3) is 0 Å². The van der Waals surface area contributed by atoms with Crippen LogP contribution in [-0.2, 0) is 9.53 Å². The molecule has 7 heteroatoms. The molecule has 1 amide bonds. The first-order valence-electron chi connectivity index (χ1n) is 14.5. The number of methoxy groups -OCH3 is 1. The quantitative estimate of drug-likeness (QED) is 0.140. The van der Waals surface area contributed by atoms with Gasteiger partial charge in [0.1, 0.15) is 0 Å². The van der Waals surface area contributed by atoms with Gasteiger partial charge in [0.05, 0.1) is 25.8 Å². The third-order valence-electron chi connectivity index (χ3n) is 5.70. The van der Waals surface area contributed by atoms with Gasteiger partial charge in [0, 0.05) is 5.92 Å². The number of rotatable bonds is 8. The number of amides is 1. The molecule has 0 aromatic rings. The predicted molar refractivity (Wildman–Crippen MR) is 164 cm³/mol. The Morgan fingerprint density at radius 1 is 1.05 bits per heavy atom. The van der Waals surface area contributed by atoms with Crippen molar-refractivity contribution in [2.45, 2.75) is 114 Å². The number of hydrogen-bond acceptors (Lipinski definition) is 3. The fourth-order valence-corrected chi connectivity index (χ4v) is 3.97. The highest BCUT2D eigenvalue weighted by Gasteiger charge is 2.50. The maximum atomic E-state index is 13.1. The predicted octanol–water partition coefficient (Wildman–Crippen LogP) is 9.48. The van der Waals surface area contributed by atoms with E-state index >= 15 is 0 Å². The number of aliphatic imine (C=N–C) groups is 1. The summed E-state index contributed by atoms with van der Waals surface area (Å²) in [5.41, 5.74) is 0.149. The number of terminal acetylenes is 1. The molecule has 228 valence electrons. The van der Waals surface area contributed by atoms with E-state index < -0.39 is 11.7 Å². The zero-order chi connectivity index (χ0) is 31.5. The molecular formula is C32H57F3N2O2. The van der Waals surface area contributed by atoms with Crippen LogP contribution in [0.15, 0.2) is 40.4 Å². The van der Waals surface area contributed by atoms with Gasteiger partial charge in [0.15, 0.2) is 0 Å². The van der Waals surface area contributed by atoms with Crippen LogP contribution < -0.4 is 5.32 Å². The molecule has 2 rings (SSSR count). The first-order chi connectivity index (χ1) is 18.7. The summed E-state index contributed by atoms with van der Waals surface area (Å²) in [6.07, 6.45) is 15.0. The van der Waals surface area contributed by atoms with E-state index in [0.29, 0.717) is 16.9 Å². The Morgan fingerprint density at radius 3 is 1.92 bits per heavy atom. The summed E-state index contributed by atoms with van der Waals surface area (Å²) in [5, 5.41) is 2.84. The summed E-state index contributed by atoms with van der Waals surface area (Å²) in [5.74, 6) is 0.349. The number of allylic oxidation sites excluding steroid dienone is 4. The van der Waals surface area contributed by atoms with Crippen molar-refractivity contribution < 1.29 is 22.7 Å². The highest BCUT2D eigenvalue weighted by Crippen LogP contribution is 2.58. The molecule has 0 aliphatic heterocycles. The van der Waals surface area contributed by atoms with E-state index in [1.807, 2.05) is 55.4 Å². The Morgan fingerprint density at radius 2 is 1.56 bits per heavy atom. The van der Waals surface area contributed by atoms with Crippen LogP contribution in [0.5, 0.6) is 0 Å². The Kier molecular flexibility index (Phi) is 30.3. The number of nitrogens with one attached hydrogen (secondary N) is 1. The number of carbonyl (C=O) groups is 1. The standard InChI is InChI=1S/C22H31F3N2O2.4C2H6.C2H2/c1-4-7-16(11-18(8-5-2)22(23,24)25)14-26-19(29-3)15-27-20(28)17-12-21(13-17)9-6-10-21;5*1-2/h4,7-8,11,17H,5-6,9-10,12-15H2,1-3H3,(H,27,28);4*1-2H3;1-2H/b7-4-,16-11+,18-8-,26-19?;;;;;. The van der Waals surface area contributed by atoms with Crippen LogP contribution in [0.1, 0.15) is 108 Å². The van der Waals surface area contributed by atoms with Crippen LogP contribution in [0, 0.1) is 24.2 Å². The molecule has 2 fully saturated rings. The van der Waals surface area contributed by atoms with Crippen molar-refractivity contribution in [3.8, 4) is 12.8 Å². The van der Waals surface area contributed by atoms with Crippen molar-refractivity contribution in [2.75, 3.05) is 20.2 Å². The molecule has 0 heterocycles. The first-order valence-corrected chi connectivity index (χ1v) is 14.5. The summed E-state index contributed by atoms with van der Waals surface area (Å²) in [6, 6.07) is 0. The normalized spacial score (nSPS) is 15.9. The number of nitrogens with zero attached hydrogens (tertiary/aromatic N) is 1. The zero-order valence-electron chi connectivity index (χ0n) is 26.6. The van der Waals surface area contributed by atoms with Gasteiger partial charge >= 0.3 is 6.18 Å². The lowest BCUT2D eigenvalue weighted by Crippen LogP contribution is -2.49. The maximum absolute atomic E-state index is 13.1. The van der Waals surface area contributed by atoms with E-state index in [-0.39, 0.29) is 31.3 Å². The number of carbonyl (C=O) groups excluding carboxylic acids is 1. The molecule has 0 radical (unpaired) electrons. The van der Waals surface area contributed by atoms with Gasteiger partial charge in [0.2, 0.25) is 11.8 Å². The highest BCUT2D eigenvalue weighted by molar-refractivity contribution is 5.86. The van der Waals surface area contributed by atoms with Gasteiger partial charge in [-0.25, -0.2) is 4.99 Å². The van der Waals surface area contributed by atoms with Gasteiger partial charge in [-0.2, -0.15) is 13.2 Å². The van der Waals surface area contributed by atoms with Crippen molar-refractivity contribution in [1.29, 1.82) is 0 Å². The van der Waals surface area contributed by atoms with Crippen LogP contribution in [0.3, 0.4) is 0 Å². The van der Waals surface area contributed by atoms with Crippen molar-refractivity contribution in [1.82, 2.24) is 5.32 Å². The highest BCUT2D eigenvalue weighted by atomic mass is 19.4. The average Bonchev–Trinajstić information content (AvgIpc) is 2.92. The van der Waals surface area contributed by atoms with Crippen LogP contribution in [0.4, 0.5) is 13.2 Å². The SMILES string of the molecule is C#C.CC.CC.CC.CC.C\C=C/C(=C\C(=C\CC)C(F)(F)F)CN=C(CNC(=O)C1CC2(CCC2)C1)OC. The van der Waals surface area contributed by atoms with Gasteiger partial charge in [-0.3, -0.25) is 4.79 Å². The van der Waals surface area contributed by atoms with E-state index in [1.165, 1.54) is 26.4 Å². The lowest BCUT2D eigenvalue weighted by atomic mass is 9.51. The first kappa shape index (κ1) is 43.6. The minimum atomic E-state index is -4.41. The summed E-state index contributed by atoms with van der Waals surface area (Å²) in [6.45, 7) is 19.6. The molecule has 2 aliphatic carbocycles. The second kappa shape index (κ2) is 27.1. The van der Waals surface area contributed by atoms with E-state index in [4.69, 9.17) is 4.74 Å². The second-order valence-electron chi connectivity index (χ2n) is 7.88. The zero-order valence-corrected chi connectivity index (χ0v) is 26.6. The Hall–Kier alpha value is -2.49. The Bertz CT molecular complexity index is 736. The molecule has 0 bridgehead atoms. The monoisotopic (exact) mass is 558 g/mol. The van der Waals surface area contributed by atoms with Crippen LogP contribution >= 0.6 is 0 Å². The molecule has 0 aromatic carbocycles. The fourth-order valence-electron chi connectivity index (χ4n) is 3.97. The van der Waals surface area contributed by atoms with Crippen molar-refractivity contribution in [3.63, 3.8) is 0 Å². The molecule has 39 heavy (non-hydrogen) atoms. The van der Waals surface area contributed by atoms with E-state index in [1.54, 1.807) is 26.0 Å². The average molecular weight is 559 g/mol. The number of halogens is 3. The van der Waals surface area contributed by atoms with E-state index in [9.17, 15) is 18.0 Å². The second-order valence-corrected chi connectivity index (χ2v) is 7.88. The molecule has 2 aliphatic rings. The maximum Gasteiger partial charge on any atom is 0.416 e. The summed E-state index contributed by atoms with van der Waals surface area (Å²) < 4.78 is 44.6. The smallest absolute Gasteiger partial charge is 0.416 e.